The van der Waals surface area contributed by atoms with Gasteiger partial charge in [0.05, 0.1) is 0 Å². The van der Waals surface area contributed by atoms with E-state index in [4.69, 9.17) is 9.26 Å². The fraction of sp³-hybridized carbons (Fsp3) is 0.353. The van der Waals surface area contributed by atoms with Crippen LogP contribution in [0.3, 0.4) is 0 Å². The number of aromatic nitrogens is 1. The van der Waals surface area contributed by atoms with Gasteiger partial charge in [-0.3, -0.25) is 5.32 Å². The molecule has 0 fully saturated rings. The van der Waals surface area contributed by atoms with Crippen LogP contribution in [0.25, 0.3) is 22.5 Å². The van der Waals surface area contributed by atoms with Crippen molar-refractivity contribution in [1.82, 2.24) is 5.16 Å². The van der Waals surface area contributed by atoms with Crippen LogP contribution in [0.5, 0.6) is 0 Å². The summed E-state index contributed by atoms with van der Waals surface area (Å²) in [5.41, 5.74) is 5.07. The predicted molar refractivity (Wildman–Crippen MR) is 167 cm³/mol. The molecule has 1 N–H and O–H groups in total. The van der Waals surface area contributed by atoms with E-state index < -0.39 is 6.09 Å². The summed E-state index contributed by atoms with van der Waals surface area (Å²) < 4.78 is 11.0. The summed E-state index contributed by atoms with van der Waals surface area (Å²) in [6.07, 6.45) is 0.319. The van der Waals surface area contributed by atoms with Crippen molar-refractivity contribution in [2.75, 3.05) is 5.32 Å². The first-order valence-electron chi connectivity index (χ1n) is 14.2. The van der Waals surface area contributed by atoms with Crippen molar-refractivity contribution in [2.45, 2.75) is 81.8 Å². The topological polar surface area (TPSA) is 64.4 Å². The van der Waals surface area contributed by atoms with E-state index in [1.165, 1.54) is 6.42 Å². The van der Waals surface area contributed by atoms with E-state index in [9.17, 15) is 4.79 Å². The lowest BCUT2D eigenvalue weighted by Gasteiger charge is -2.14. The number of carbonyl (C=O) groups excluding carboxylic acids is 1. The minimum atomic E-state index is -0.556. The Labute approximate surface area is 236 Å². The van der Waals surface area contributed by atoms with Gasteiger partial charge in [-0.25, -0.2) is 4.79 Å². The van der Waals surface area contributed by atoms with E-state index in [0.717, 1.165) is 22.3 Å². The normalized spacial score (nSPS) is 9.90. The molecule has 5 nitrogen and oxygen atoms in total. The Bertz CT molecular complexity index is 1140. The largest absolute Gasteiger partial charge is 0.441 e. The molecule has 39 heavy (non-hydrogen) atoms. The van der Waals surface area contributed by atoms with Crippen LogP contribution in [0.4, 0.5) is 10.5 Å². The molecule has 0 aliphatic rings. The van der Waals surface area contributed by atoms with Crippen LogP contribution < -0.4 is 5.32 Å². The number of carbonyl (C=O) groups is 1. The lowest BCUT2D eigenvalue weighted by Crippen LogP contribution is -2.16. The third-order valence-corrected chi connectivity index (χ3v) is 4.90. The fourth-order valence-corrected chi connectivity index (χ4v) is 3.24. The minimum absolute atomic E-state index is 0.375. The molecule has 5 heteroatoms. The maximum Gasteiger partial charge on any atom is 0.412 e. The van der Waals surface area contributed by atoms with Gasteiger partial charge in [-0.2, -0.15) is 0 Å². The van der Waals surface area contributed by atoms with E-state index in [1.54, 1.807) is 6.92 Å². The van der Waals surface area contributed by atoms with E-state index >= 15 is 0 Å². The SMILES string of the molecule is CC.CC.CC.CCC.Cc1noc(-c2ccc(-c3ccccc3)cc2)c1NC(=O)O[C@@H](C)c1ccccc1. The third-order valence-electron chi connectivity index (χ3n) is 4.90. The monoisotopic (exact) mass is 532 g/mol. The maximum atomic E-state index is 12.5. The van der Waals surface area contributed by atoms with Gasteiger partial charge in [0.1, 0.15) is 17.5 Å². The Morgan fingerprint density at radius 3 is 1.72 bits per heavy atom. The highest BCUT2D eigenvalue weighted by molar-refractivity contribution is 5.91. The van der Waals surface area contributed by atoms with Gasteiger partial charge in [0, 0.05) is 5.56 Å². The second kappa shape index (κ2) is 21.1. The summed E-state index contributed by atoms with van der Waals surface area (Å²) in [5, 5.41) is 6.81. The van der Waals surface area contributed by atoms with Gasteiger partial charge < -0.3 is 9.26 Å². The zero-order valence-electron chi connectivity index (χ0n) is 25.5. The average Bonchev–Trinajstić information content (AvgIpc) is 3.37. The summed E-state index contributed by atoms with van der Waals surface area (Å²) >= 11 is 0. The third kappa shape index (κ3) is 11.6. The Kier molecular flexibility index (Phi) is 19.0. The highest BCUT2D eigenvalue weighted by Crippen LogP contribution is 2.33. The second-order valence-electron chi connectivity index (χ2n) is 7.71. The zero-order chi connectivity index (χ0) is 29.6. The molecule has 0 spiro atoms. The molecule has 1 amide bonds. The Balaban J connectivity index is 0.00000145. The molecule has 1 aromatic heterocycles. The van der Waals surface area contributed by atoms with Crippen LogP contribution in [0.1, 0.15) is 86.1 Å². The molecule has 0 radical (unpaired) electrons. The molecule has 0 unspecified atom stereocenters. The average molecular weight is 533 g/mol. The summed E-state index contributed by atoms with van der Waals surface area (Å²) in [4.78, 5) is 12.5. The standard InChI is InChI=1S/C25H22N2O3.C3H8.3C2H6/c1-17-23(26-25(28)29-18(2)19-9-5-3-6-10-19)24(30-27-17)22-15-13-21(14-16-22)20-11-7-4-8-12-20;1-3-2;3*1-2/h3-16,18H,1-2H3,(H,26,28);3H2,1-2H3;3*1-2H3/t18-;;;;/m0..../s1. The maximum absolute atomic E-state index is 12.5. The molecule has 4 aromatic rings. The minimum Gasteiger partial charge on any atom is -0.441 e. The lowest BCUT2D eigenvalue weighted by molar-refractivity contribution is 0.121. The Morgan fingerprint density at radius 1 is 0.769 bits per heavy atom. The van der Waals surface area contributed by atoms with Crippen molar-refractivity contribution in [3.63, 3.8) is 0 Å². The molecular weight excluding hydrogens is 484 g/mol. The molecule has 0 aliphatic heterocycles. The number of nitrogens with one attached hydrogen (secondary N) is 1. The molecule has 3 aromatic carbocycles. The van der Waals surface area contributed by atoms with Crippen LogP contribution in [-0.2, 0) is 4.74 Å². The number of hydrogen-bond acceptors (Lipinski definition) is 4. The van der Waals surface area contributed by atoms with Crippen LogP contribution in [-0.4, -0.2) is 11.2 Å². The number of rotatable bonds is 5. The van der Waals surface area contributed by atoms with Crippen LogP contribution in [0, 0.1) is 6.92 Å². The number of anilines is 1. The van der Waals surface area contributed by atoms with Gasteiger partial charge in [0.25, 0.3) is 0 Å². The molecular formula is C34H48N2O3. The first-order chi connectivity index (χ1) is 19.0. The van der Waals surface area contributed by atoms with E-state index in [1.807, 2.05) is 121 Å². The molecule has 0 saturated carbocycles. The smallest absolute Gasteiger partial charge is 0.412 e. The van der Waals surface area contributed by atoms with Crippen molar-refractivity contribution >= 4 is 11.8 Å². The molecule has 0 saturated heterocycles. The summed E-state index contributed by atoms with van der Waals surface area (Å²) in [6.45, 7) is 19.9. The van der Waals surface area contributed by atoms with Crippen molar-refractivity contribution in [3.05, 3.63) is 96.2 Å². The van der Waals surface area contributed by atoms with Crippen molar-refractivity contribution in [1.29, 1.82) is 0 Å². The summed E-state index contributed by atoms with van der Waals surface area (Å²) in [6, 6.07) is 27.6. The summed E-state index contributed by atoms with van der Waals surface area (Å²) in [5.74, 6) is 0.497. The van der Waals surface area contributed by atoms with Gasteiger partial charge >= 0.3 is 6.09 Å². The molecule has 1 heterocycles. The van der Waals surface area contributed by atoms with Crippen molar-refractivity contribution in [3.8, 4) is 22.5 Å². The fourth-order valence-electron chi connectivity index (χ4n) is 3.24. The van der Waals surface area contributed by atoms with Crippen LogP contribution in [0.15, 0.2) is 89.5 Å². The number of hydrogen-bond donors (Lipinski definition) is 1. The molecule has 212 valence electrons. The first-order valence-corrected chi connectivity index (χ1v) is 14.2. The quantitative estimate of drug-likeness (QED) is 0.277. The van der Waals surface area contributed by atoms with E-state index in [-0.39, 0.29) is 6.10 Å². The number of benzene rings is 3. The Morgan fingerprint density at radius 2 is 1.21 bits per heavy atom. The number of aryl methyl sites for hydroxylation is 1. The zero-order valence-corrected chi connectivity index (χ0v) is 25.5. The van der Waals surface area contributed by atoms with Crippen molar-refractivity contribution in [2.24, 2.45) is 0 Å². The number of ether oxygens (including phenoxy) is 1. The summed E-state index contributed by atoms with van der Waals surface area (Å²) in [7, 11) is 0. The van der Waals surface area contributed by atoms with Gasteiger partial charge in [0.15, 0.2) is 5.76 Å². The molecule has 0 bridgehead atoms. The lowest BCUT2D eigenvalue weighted by atomic mass is 10.0. The molecule has 1 atom stereocenters. The second-order valence-corrected chi connectivity index (χ2v) is 7.71. The molecule has 0 aliphatic carbocycles. The predicted octanol–water partition coefficient (Wildman–Crippen LogP) is 11.1. The highest BCUT2D eigenvalue weighted by atomic mass is 16.6. The van der Waals surface area contributed by atoms with Crippen LogP contribution in [0.2, 0.25) is 0 Å². The Hall–Kier alpha value is -3.86. The van der Waals surface area contributed by atoms with E-state index in [2.05, 4.69) is 36.5 Å². The highest BCUT2D eigenvalue weighted by Gasteiger charge is 2.20. The molecule has 4 rings (SSSR count). The first kappa shape index (κ1) is 35.1. The van der Waals surface area contributed by atoms with Gasteiger partial charge in [-0.15, -0.1) is 0 Å². The van der Waals surface area contributed by atoms with Crippen LogP contribution >= 0.6 is 0 Å². The van der Waals surface area contributed by atoms with Gasteiger partial charge in [-0.1, -0.05) is 152 Å². The number of amides is 1. The van der Waals surface area contributed by atoms with Gasteiger partial charge in [0.2, 0.25) is 0 Å². The van der Waals surface area contributed by atoms with Gasteiger partial charge in [-0.05, 0) is 30.5 Å². The van der Waals surface area contributed by atoms with Crippen molar-refractivity contribution < 1.29 is 14.1 Å². The van der Waals surface area contributed by atoms with E-state index in [0.29, 0.717) is 17.1 Å². The number of nitrogens with zero attached hydrogens (tertiary/aromatic N) is 1.